The predicted octanol–water partition coefficient (Wildman–Crippen LogP) is 1.37. The molecular formula is C16H23N5O2S. The summed E-state index contributed by atoms with van der Waals surface area (Å²) >= 11 is 0. The van der Waals surface area contributed by atoms with Crippen LogP contribution in [0.15, 0.2) is 23.4 Å². The number of likely N-dealkylation sites (tertiary alicyclic amines) is 1. The zero-order chi connectivity index (χ0) is 17.2. The van der Waals surface area contributed by atoms with Gasteiger partial charge in [-0.15, -0.1) is 0 Å². The van der Waals surface area contributed by atoms with Gasteiger partial charge in [0.15, 0.2) is 9.84 Å². The van der Waals surface area contributed by atoms with Gasteiger partial charge in [-0.2, -0.15) is 5.10 Å². The average molecular weight is 349 g/mol. The molecule has 0 saturated carbocycles. The lowest BCUT2D eigenvalue weighted by Crippen LogP contribution is -2.36. The molecule has 0 amide bonds. The first kappa shape index (κ1) is 17.0. The second kappa shape index (κ2) is 6.98. The number of hydrogen-bond acceptors (Lipinski definition) is 6. The van der Waals surface area contributed by atoms with Crippen molar-refractivity contribution >= 4 is 9.84 Å². The van der Waals surface area contributed by atoms with Gasteiger partial charge in [0.05, 0.1) is 17.6 Å². The molecule has 0 aromatic carbocycles. The molecule has 2 aromatic rings. The van der Waals surface area contributed by atoms with Crippen LogP contribution in [0, 0.1) is 12.8 Å². The number of piperidine rings is 1. The largest absolute Gasteiger partial charge is 0.297 e. The van der Waals surface area contributed by atoms with E-state index in [1.807, 2.05) is 13.0 Å². The lowest BCUT2D eigenvalue weighted by Gasteiger charge is -2.32. The minimum atomic E-state index is -3.23. The highest BCUT2D eigenvalue weighted by molar-refractivity contribution is 7.90. The van der Waals surface area contributed by atoms with Gasteiger partial charge >= 0.3 is 0 Å². The summed E-state index contributed by atoms with van der Waals surface area (Å²) in [5.41, 5.74) is 1.75. The van der Waals surface area contributed by atoms with Crippen LogP contribution in [-0.2, 0) is 22.8 Å². The van der Waals surface area contributed by atoms with E-state index >= 15 is 0 Å². The highest BCUT2D eigenvalue weighted by Gasteiger charge is 2.24. The zero-order valence-corrected chi connectivity index (χ0v) is 14.9. The molecule has 1 saturated heterocycles. The Balaban J connectivity index is 1.65. The van der Waals surface area contributed by atoms with Crippen LogP contribution in [0.2, 0.25) is 0 Å². The fourth-order valence-electron chi connectivity index (χ4n) is 3.34. The van der Waals surface area contributed by atoms with Crippen LogP contribution in [-0.4, -0.2) is 52.8 Å². The molecule has 0 spiro atoms. The lowest BCUT2D eigenvalue weighted by atomic mass is 9.93. The maximum atomic E-state index is 11.8. The Morgan fingerprint density at radius 3 is 3.00 bits per heavy atom. The zero-order valence-electron chi connectivity index (χ0n) is 14.1. The molecule has 0 unspecified atom stereocenters. The molecule has 2 aromatic heterocycles. The van der Waals surface area contributed by atoms with Gasteiger partial charge < -0.3 is 0 Å². The third-order valence-electron chi connectivity index (χ3n) is 4.39. The molecule has 0 aliphatic carbocycles. The number of nitrogens with one attached hydrogen (secondary N) is 1. The van der Waals surface area contributed by atoms with E-state index in [2.05, 4.69) is 25.1 Å². The molecule has 1 atom stereocenters. The standard InChI is InChI=1S/C16H23N5O2S/c1-12-17-6-5-14(19-12)11-21-7-3-4-13(10-21)8-15-16(9-18-20-15)24(2,22)23/h5-6,9,13H,3-4,7-8,10-11H2,1-2H3,(H,18,20)/t13-/m1/s1. The van der Waals surface area contributed by atoms with E-state index in [1.165, 1.54) is 12.5 Å². The number of aromatic amines is 1. The van der Waals surface area contributed by atoms with Gasteiger partial charge in [0.25, 0.3) is 0 Å². The molecule has 24 heavy (non-hydrogen) atoms. The van der Waals surface area contributed by atoms with Crippen LogP contribution < -0.4 is 0 Å². The van der Waals surface area contributed by atoms with Crippen molar-refractivity contribution in [3.63, 3.8) is 0 Å². The molecule has 0 bridgehead atoms. The van der Waals surface area contributed by atoms with Crippen molar-refractivity contribution < 1.29 is 8.42 Å². The molecule has 3 rings (SSSR count). The number of rotatable bonds is 5. The highest BCUT2D eigenvalue weighted by Crippen LogP contribution is 2.24. The smallest absolute Gasteiger partial charge is 0.178 e. The Labute approximate surface area is 142 Å². The fraction of sp³-hybridized carbons (Fsp3) is 0.562. The Morgan fingerprint density at radius 1 is 1.42 bits per heavy atom. The summed E-state index contributed by atoms with van der Waals surface area (Å²) in [6, 6.07) is 1.95. The maximum Gasteiger partial charge on any atom is 0.178 e. The second-order valence-electron chi connectivity index (χ2n) is 6.53. The van der Waals surface area contributed by atoms with Crippen molar-refractivity contribution in [2.24, 2.45) is 5.92 Å². The lowest BCUT2D eigenvalue weighted by molar-refractivity contribution is 0.164. The summed E-state index contributed by atoms with van der Waals surface area (Å²) in [7, 11) is -3.23. The highest BCUT2D eigenvalue weighted by atomic mass is 32.2. The van der Waals surface area contributed by atoms with Gasteiger partial charge in [0.1, 0.15) is 10.7 Å². The van der Waals surface area contributed by atoms with E-state index in [4.69, 9.17) is 0 Å². The van der Waals surface area contributed by atoms with Gasteiger partial charge in [-0.25, -0.2) is 18.4 Å². The normalized spacial score (nSPS) is 19.5. The number of H-pyrrole nitrogens is 1. The van der Waals surface area contributed by atoms with E-state index in [1.54, 1.807) is 6.20 Å². The third-order valence-corrected chi connectivity index (χ3v) is 5.54. The summed E-state index contributed by atoms with van der Waals surface area (Å²) in [5.74, 6) is 1.21. The molecule has 0 radical (unpaired) electrons. The summed E-state index contributed by atoms with van der Waals surface area (Å²) < 4.78 is 23.6. The van der Waals surface area contributed by atoms with Crippen molar-refractivity contribution in [1.29, 1.82) is 0 Å². The van der Waals surface area contributed by atoms with Crippen molar-refractivity contribution in [2.45, 2.75) is 37.6 Å². The van der Waals surface area contributed by atoms with Crippen LogP contribution in [0.4, 0.5) is 0 Å². The quantitative estimate of drug-likeness (QED) is 0.876. The predicted molar refractivity (Wildman–Crippen MR) is 90.2 cm³/mol. The van der Waals surface area contributed by atoms with Gasteiger partial charge in [-0.3, -0.25) is 10.00 Å². The first-order chi connectivity index (χ1) is 11.4. The minimum absolute atomic E-state index is 0.325. The van der Waals surface area contributed by atoms with Crippen molar-refractivity contribution in [3.8, 4) is 0 Å². The molecule has 1 aliphatic heterocycles. The van der Waals surface area contributed by atoms with Crippen LogP contribution in [0.3, 0.4) is 0 Å². The number of sulfone groups is 1. The number of nitrogens with zero attached hydrogens (tertiary/aromatic N) is 4. The number of hydrogen-bond donors (Lipinski definition) is 1. The van der Waals surface area contributed by atoms with E-state index in [0.29, 0.717) is 17.2 Å². The Kier molecular flexibility index (Phi) is 4.96. The molecule has 7 nitrogen and oxygen atoms in total. The molecule has 8 heteroatoms. The molecule has 1 fully saturated rings. The van der Waals surface area contributed by atoms with Crippen LogP contribution in [0.5, 0.6) is 0 Å². The SMILES string of the molecule is Cc1nccc(CN2CCC[C@H](Cc3[nH]ncc3S(C)(=O)=O)C2)n1. The van der Waals surface area contributed by atoms with E-state index in [-0.39, 0.29) is 0 Å². The number of aromatic nitrogens is 4. The Hall–Kier alpha value is -1.80. The summed E-state index contributed by atoms with van der Waals surface area (Å²) in [5, 5.41) is 6.78. The molecule has 3 heterocycles. The molecular weight excluding hydrogens is 326 g/mol. The minimum Gasteiger partial charge on any atom is -0.297 e. The fourth-order valence-corrected chi connectivity index (χ4v) is 4.16. The van der Waals surface area contributed by atoms with E-state index in [0.717, 1.165) is 49.7 Å². The van der Waals surface area contributed by atoms with Gasteiger partial charge in [0, 0.05) is 25.5 Å². The van der Waals surface area contributed by atoms with Gasteiger partial charge in [0.2, 0.25) is 0 Å². The van der Waals surface area contributed by atoms with Crippen LogP contribution in [0.25, 0.3) is 0 Å². The van der Waals surface area contributed by atoms with Crippen molar-refractivity contribution in [3.05, 3.63) is 35.7 Å². The first-order valence-electron chi connectivity index (χ1n) is 8.15. The monoisotopic (exact) mass is 349 g/mol. The topological polar surface area (TPSA) is 91.8 Å². The summed E-state index contributed by atoms with van der Waals surface area (Å²) in [6.45, 7) is 4.68. The Morgan fingerprint density at radius 2 is 2.25 bits per heavy atom. The van der Waals surface area contributed by atoms with E-state index < -0.39 is 9.84 Å². The molecule has 130 valence electrons. The molecule has 1 N–H and O–H groups in total. The number of aryl methyl sites for hydroxylation is 1. The van der Waals surface area contributed by atoms with Crippen LogP contribution >= 0.6 is 0 Å². The average Bonchev–Trinajstić information content (AvgIpc) is 2.96. The summed E-state index contributed by atoms with van der Waals surface area (Å²) in [4.78, 5) is 11.3. The third kappa shape index (κ3) is 4.18. The van der Waals surface area contributed by atoms with Gasteiger partial charge in [-0.05, 0) is 44.7 Å². The van der Waals surface area contributed by atoms with Crippen LogP contribution in [0.1, 0.15) is 30.1 Å². The van der Waals surface area contributed by atoms with Gasteiger partial charge in [-0.1, -0.05) is 0 Å². The molecule has 1 aliphatic rings. The van der Waals surface area contributed by atoms with Crippen molar-refractivity contribution in [2.75, 3.05) is 19.3 Å². The van der Waals surface area contributed by atoms with E-state index in [9.17, 15) is 8.42 Å². The maximum absolute atomic E-state index is 11.8. The summed E-state index contributed by atoms with van der Waals surface area (Å²) in [6.07, 6.45) is 7.35. The first-order valence-corrected chi connectivity index (χ1v) is 10.0. The Bertz CT molecular complexity index is 802. The van der Waals surface area contributed by atoms with Crippen molar-refractivity contribution in [1.82, 2.24) is 25.1 Å². The second-order valence-corrected chi connectivity index (χ2v) is 8.51.